The van der Waals surface area contributed by atoms with Gasteiger partial charge in [-0.15, -0.1) is 11.3 Å². The quantitative estimate of drug-likeness (QED) is 0.803. The highest BCUT2D eigenvalue weighted by atomic mass is 32.2. The third kappa shape index (κ3) is 4.02. The molecule has 1 fully saturated rings. The van der Waals surface area contributed by atoms with Crippen molar-refractivity contribution in [2.45, 2.75) is 43.7 Å². The van der Waals surface area contributed by atoms with Crippen molar-refractivity contribution in [3.05, 3.63) is 16.3 Å². The van der Waals surface area contributed by atoms with Crippen LogP contribution in [0.5, 0.6) is 0 Å². The van der Waals surface area contributed by atoms with E-state index in [4.69, 9.17) is 4.74 Å². The lowest BCUT2D eigenvalue weighted by Crippen LogP contribution is -2.39. The average molecular weight is 318 g/mol. The minimum absolute atomic E-state index is 0.327. The molecule has 1 atom stereocenters. The van der Waals surface area contributed by atoms with Crippen molar-refractivity contribution in [1.29, 1.82) is 0 Å². The molecule has 1 aliphatic heterocycles. The molecule has 2 heterocycles. The maximum absolute atomic E-state index is 12.2. The van der Waals surface area contributed by atoms with E-state index in [1.165, 1.54) is 11.3 Å². The van der Waals surface area contributed by atoms with Crippen molar-refractivity contribution in [3.8, 4) is 0 Å². The van der Waals surface area contributed by atoms with Crippen LogP contribution in [0.1, 0.15) is 31.6 Å². The van der Waals surface area contributed by atoms with Gasteiger partial charge in [0.1, 0.15) is 0 Å². The first-order valence-electron chi connectivity index (χ1n) is 6.87. The zero-order valence-electron chi connectivity index (χ0n) is 11.9. The number of rotatable bonds is 7. The van der Waals surface area contributed by atoms with Crippen LogP contribution < -0.4 is 10.0 Å². The third-order valence-electron chi connectivity index (χ3n) is 3.43. The Morgan fingerprint density at radius 1 is 1.50 bits per heavy atom. The van der Waals surface area contributed by atoms with Crippen LogP contribution >= 0.6 is 11.3 Å². The smallest absolute Gasteiger partial charge is 0.241 e. The number of hydrogen-bond acceptors (Lipinski definition) is 5. The van der Waals surface area contributed by atoms with Gasteiger partial charge in [0, 0.05) is 30.0 Å². The third-order valence-corrected chi connectivity index (χ3v) is 5.89. The molecule has 2 N–H and O–H groups in total. The van der Waals surface area contributed by atoms with E-state index in [1.807, 2.05) is 13.8 Å². The van der Waals surface area contributed by atoms with Crippen LogP contribution in [0.4, 0.5) is 0 Å². The van der Waals surface area contributed by atoms with Crippen LogP contribution in [-0.4, -0.2) is 33.7 Å². The zero-order valence-corrected chi connectivity index (χ0v) is 13.6. The molecule has 0 spiro atoms. The van der Waals surface area contributed by atoms with Crippen molar-refractivity contribution >= 4 is 21.4 Å². The molecule has 0 amide bonds. The van der Waals surface area contributed by atoms with E-state index in [-0.39, 0.29) is 5.60 Å². The summed E-state index contributed by atoms with van der Waals surface area (Å²) < 4.78 is 32.7. The average Bonchev–Trinajstić information content (AvgIpc) is 3.04. The molecular weight excluding hydrogens is 296 g/mol. The second-order valence-electron chi connectivity index (χ2n) is 5.26. The van der Waals surface area contributed by atoms with Crippen LogP contribution in [0.15, 0.2) is 16.3 Å². The van der Waals surface area contributed by atoms with Gasteiger partial charge in [0.25, 0.3) is 0 Å². The molecule has 5 nitrogen and oxygen atoms in total. The summed E-state index contributed by atoms with van der Waals surface area (Å²) in [6, 6.07) is 1.73. The number of nitrogens with one attached hydrogen (secondary N) is 2. The van der Waals surface area contributed by atoms with Gasteiger partial charge in [-0.1, -0.05) is 6.92 Å². The Labute approximate surface area is 124 Å². The Balaban J connectivity index is 1.97. The number of sulfonamides is 1. The molecule has 0 radical (unpaired) electrons. The van der Waals surface area contributed by atoms with Gasteiger partial charge in [-0.2, -0.15) is 0 Å². The molecule has 1 aliphatic rings. The summed E-state index contributed by atoms with van der Waals surface area (Å²) in [5.74, 6) is 0. The van der Waals surface area contributed by atoms with Gasteiger partial charge in [-0.05, 0) is 32.4 Å². The molecule has 0 saturated carbocycles. The number of hydrogen-bond donors (Lipinski definition) is 2. The van der Waals surface area contributed by atoms with Gasteiger partial charge in [0.15, 0.2) is 0 Å². The minimum atomic E-state index is -3.44. The van der Waals surface area contributed by atoms with Crippen LogP contribution in [0.2, 0.25) is 0 Å². The topological polar surface area (TPSA) is 67.4 Å². The summed E-state index contributed by atoms with van der Waals surface area (Å²) in [5.41, 5.74) is -0.365. The standard InChI is InChI=1S/C13H22N2O3S2/c1-3-14-8-11-7-12(9-19-11)20(16,17)15-10-13(2)5-4-6-18-13/h7,9,14-15H,3-6,8,10H2,1-2H3. The van der Waals surface area contributed by atoms with Gasteiger partial charge in [-0.25, -0.2) is 13.1 Å². The van der Waals surface area contributed by atoms with Gasteiger partial charge in [0.05, 0.1) is 10.5 Å². The lowest BCUT2D eigenvalue weighted by Gasteiger charge is -2.23. The molecule has 1 aromatic rings. The summed E-state index contributed by atoms with van der Waals surface area (Å²) in [4.78, 5) is 1.37. The van der Waals surface area contributed by atoms with E-state index < -0.39 is 10.0 Å². The predicted molar refractivity (Wildman–Crippen MR) is 80.5 cm³/mol. The van der Waals surface area contributed by atoms with E-state index in [0.29, 0.717) is 24.6 Å². The second-order valence-corrected chi connectivity index (χ2v) is 8.02. The maximum Gasteiger partial charge on any atom is 0.241 e. The molecule has 1 unspecified atom stereocenters. The molecule has 1 aromatic heterocycles. The summed E-state index contributed by atoms with van der Waals surface area (Å²) in [6.07, 6.45) is 1.88. The summed E-state index contributed by atoms with van der Waals surface area (Å²) in [6.45, 7) is 6.59. The molecule has 0 bridgehead atoms. The van der Waals surface area contributed by atoms with Crippen molar-refractivity contribution < 1.29 is 13.2 Å². The molecule has 0 aromatic carbocycles. The predicted octanol–water partition coefficient (Wildman–Crippen LogP) is 1.70. The minimum Gasteiger partial charge on any atom is -0.374 e. The fraction of sp³-hybridized carbons (Fsp3) is 0.692. The van der Waals surface area contributed by atoms with Crippen LogP contribution in [-0.2, 0) is 21.3 Å². The first kappa shape index (κ1) is 15.9. The van der Waals surface area contributed by atoms with Gasteiger partial charge < -0.3 is 10.1 Å². The Bertz CT molecular complexity index is 534. The molecule has 0 aliphatic carbocycles. The van der Waals surface area contributed by atoms with Crippen molar-refractivity contribution in [2.75, 3.05) is 19.7 Å². The summed E-state index contributed by atoms with van der Waals surface area (Å²) in [7, 11) is -3.44. The van der Waals surface area contributed by atoms with Crippen LogP contribution in [0.3, 0.4) is 0 Å². The molecule has 114 valence electrons. The maximum atomic E-state index is 12.2. The van der Waals surface area contributed by atoms with Gasteiger partial charge >= 0.3 is 0 Å². The highest BCUT2D eigenvalue weighted by Crippen LogP contribution is 2.25. The zero-order chi connectivity index (χ0) is 14.6. The lowest BCUT2D eigenvalue weighted by molar-refractivity contribution is 0.0250. The second kappa shape index (κ2) is 6.53. The van der Waals surface area contributed by atoms with E-state index in [9.17, 15) is 8.42 Å². The molecular formula is C13H22N2O3S2. The van der Waals surface area contributed by atoms with E-state index in [1.54, 1.807) is 11.4 Å². The monoisotopic (exact) mass is 318 g/mol. The molecule has 20 heavy (non-hydrogen) atoms. The first-order valence-corrected chi connectivity index (χ1v) is 9.23. The van der Waals surface area contributed by atoms with E-state index in [0.717, 1.165) is 24.3 Å². The Morgan fingerprint density at radius 2 is 2.30 bits per heavy atom. The molecule has 1 saturated heterocycles. The van der Waals surface area contributed by atoms with Crippen molar-refractivity contribution in [1.82, 2.24) is 10.0 Å². The Kier molecular flexibility index (Phi) is 5.19. The SMILES string of the molecule is CCNCc1cc(S(=O)(=O)NCC2(C)CCCO2)cs1. The van der Waals surface area contributed by atoms with Gasteiger partial charge in [-0.3, -0.25) is 0 Å². The first-order chi connectivity index (χ1) is 9.45. The highest BCUT2D eigenvalue weighted by molar-refractivity contribution is 7.89. The lowest BCUT2D eigenvalue weighted by atomic mass is 10.0. The largest absolute Gasteiger partial charge is 0.374 e. The van der Waals surface area contributed by atoms with Crippen molar-refractivity contribution in [3.63, 3.8) is 0 Å². The normalized spacial score (nSPS) is 23.3. The summed E-state index contributed by atoms with van der Waals surface area (Å²) >= 11 is 1.46. The fourth-order valence-corrected chi connectivity index (χ4v) is 4.55. The number of ether oxygens (including phenoxy) is 1. The van der Waals surface area contributed by atoms with Crippen LogP contribution in [0.25, 0.3) is 0 Å². The number of thiophene rings is 1. The highest BCUT2D eigenvalue weighted by Gasteiger charge is 2.31. The molecule has 7 heteroatoms. The Morgan fingerprint density at radius 3 is 2.95 bits per heavy atom. The van der Waals surface area contributed by atoms with Gasteiger partial charge in [0.2, 0.25) is 10.0 Å². The van der Waals surface area contributed by atoms with Crippen LogP contribution in [0, 0.1) is 0 Å². The fourth-order valence-electron chi connectivity index (χ4n) is 2.15. The van der Waals surface area contributed by atoms with E-state index >= 15 is 0 Å². The van der Waals surface area contributed by atoms with Crippen molar-refractivity contribution in [2.24, 2.45) is 0 Å². The molecule has 2 rings (SSSR count). The summed E-state index contributed by atoms with van der Waals surface area (Å²) in [5, 5.41) is 4.87. The van der Waals surface area contributed by atoms with E-state index in [2.05, 4.69) is 10.0 Å². The Hall–Kier alpha value is -0.470.